The Bertz CT molecular complexity index is 1000. The predicted octanol–water partition coefficient (Wildman–Crippen LogP) is 5.34. The van der Waals surface area contributed by atoms with Gasteiger partial charge in [-0.1, -0.05) is 55.1 Å². The average molecular weight is 338 g/mol. The number of fused-ring (bicyclic) bond motifs is 2. The van der Waals surface area contributed by atoms with Gasteiger partial charge in [0.15, 0.2) is 0 Å². The van der Waals surface area contributed by atoms with Crippen LogP contribution in [0.15, 0.2) is 73.3 Å². The van der Waals surface area contributed by atoms with Crippen LogP contribution >= 0.6 is 0 Å². The minimum atomic E-state index is 0.895. The van der Waals surface area contributed by atoms with Gasteiger partial charge in [0.1, 0.15) is 0 Å². The molecule has 5 rings (SSSR count). The number of anilines is 2. The monoisotopic (exact) mass is 338 g/mol. The fourth-order valence-corrected chi connectivity index (χ4v) is 4.15. The summed E-state index contributed by atoms with van der Waals surface area (Å²) < 4.78 is 0. The molecular weight excluding hydrogens is 316 g/mol. The van der Waals surface area contributed by atoms with Crippen molar-refractivity contribution in [2.24, 2.45) is 0 Å². The Morgan fingerprint density at radius 3 is 2.50 bits per heavy atom. The van der Waals surface area contributed by atoms with Crippen molar-refractivity contribution in [1.29, 1.82) is 0 Å². The summed E-state index contributed by atoms with van der Waals surface area (Å²) in [5.74, 6) is 0. The van der Waals surface area contributed by atoms with Crippen molar-refractivity contribution < 1.29 is 0 Å². The van der Waals surface area contributed by atoms with Gasteiger partial charge < -0.3 is 9.80 Å². The van der Waals surface area contributed by atoms with E-state index in [0.717, 1.165) is 25.2 Å². The molecule has 26 heavy (non-hydrogen) atoms. The van der Waals surface area contributed by atoms with E-state index >= 15 is 0 Å². The number of likely N-dealkylation sites (N-methyl/N-ethyl adjacent to an activating group) is 1. The second-order valence-electron chi connectivity index (χ2n) is 7.26. The van der Waals surface area contributed by atoms with Crippen LogP contribution in [-0.2, 0) is 13.0 Å². The standard InChI is InChI=1S/C24H22N2/c1-17-23-14-20(18-6-4-3-5-7-18)8-9-21(23)16-26(17)22-11-10-19-12-13-25(2)24(19)15-22/h3-11,14-15H,1,12-13,16H2,2H3. The Balaban J connectivity index is 1.50. The highest BCUT2D eigenvalue weighted by Crippen LogP contribution is 2.40. The number of hydrogen-bond donors (Lipinski definition) is 0. The Morgan fingerprint density at radius 1 is 0.846 bits per heavy atom. The molecule has 0 spiro atoms. The third kappa shape index (κ3) is 2.33. The SMILES string of the molecule is C=C1c2cc(-c3ccccc3)ccc2CN1c1ccc2c(c1)N(C)CC2. The second kappa shape index (κ2) is 5.77. The van der Waals surface area contributed by atoms with Crippen LogP contribution in [0.3, 0.4) is 0 Å². The van der Waals surface area contributed by atoms with E-state index in [1.54, 1.807) is 0 Å². The molecule has 128 valence electrons. The fourth-order valence-electron chi connectivity index (χ4n) is 4.15. The summed E-state index contributed by atoms with van der Waals surface area (Å²) in [6.07, 6.45) is 1.15. The first kappa shape index (κ1) is 15.3. The second-order valence-corrected chi connectivity index (χ2v) is 7.26. The highest BCUT2D eigenvalue weighted by Gasteiger charge is 2.25. The molecule has 3 aromatic rings. The van der Waals surface area contributed by atoms with Gasteiger partial charge in [-0.2, -0.15) is 0 Å². The molecule has 0 N–H and O–H groups in total. The van der Waals surface area contributed by atoms with Gasteiger partial charge in [0, 0.05) is 42.8 Å². The zero-order valence-corrected chi connectivity index (χ0v) is 15.1. The Hall–Kier alpha value is -3.00. The van der Waals surface area contributed by atoms with Gasteiger partial charge in [-0.3, -0.25) is 0 Å². The van der Waals surface area contributed by atoms with Crippen molar-refractivity contribution in [3.8, 4) is 11.1 Å². The normalized spacial score (nSPS) is 15.3. The molecule has 2 nitrogen and oxygen atoms in total. The van der Waals surface area contributed by atoms with Crippen LogP contribution < -0.4 is 9.80 Å². The van der Waals surface area contributed by atoms with E-state index in [1.165, 1.54) is 39.2 Å². The van der Waals surface area contributed by atoms with Crippen LogP contribution in [0, 0.1) is 0 Å². The zero-order valence-electron chi connectivity index (χ0n) is 15.1. The topological polar surface area (TPSA) is 6.48 Å². The summed E-state index contributed by atoms with van der Waals surface area (Å²) in [6, 6.07) is 24.2. The summed E-state index contributed by atoms with van der Waals surface area (Å²) in [6.45, 7) is 6.42. The summed E-state index contributed by atoms with van der Waals surface area (Å²) in [5, 5.41) is 0. The quantitative estimate of drug-likeness (QED) is 0.622. The largest absolute Gasteiger partial charge is 0.374 e. The number of benzene rings is 3. The molecule has 2 aliphatic heterocycles. The van der Waals surface area contributed by atoms with Crippen molar-refractivity contribution >= 4 is 17.1 Å². The lowest BCUT2D eigenvalue weighted by molar-refractivity contribution is 0.956. The summed E-state index contributed by atoms with van der Waals surface area (Å²) in [7, 11) is 2.18. The fraction of sp³-hybridized carbons (Fsp3) is 0.167. The molecular formula is C24H22N2. The predicted molar refractivity (Wildman–Crippen MR) is 111 cm³/mol. The third-order valence-electron chi connectivity index (χ3n) is 5.69. The van der Waals surface area contributed by atoms with E-state index in [9.17, 15) is 0 Å². The van der Waals surface area contributed by atoms with Crippen molar-refractivity contribution in [1.82, 2.24) is 0 Å². The lowest BCUT2D eigenvalue weighted by Crippen LogP contribution is -2.15. The van der Waals surface area contributed by atoms with Gasteiger partial charge in [-0.25, -0.2) is 0 Å². The summed E-state index contributed by atoms with van der Waals surface area (Å²) in [4.78, 5) is 4.68. The Morgan fingerprint density at radius 2 is 1.65 bits per heavy atom. The van der Waals surface area contributed by atoms with Crippen LogP contribution in [-0.4, -0.2) is 13.6 Å². The molecule has 0 aliphatic carbocycles. The third-order valence-corrected chi connectivity index (χ3v) is 5.69. The van der Waals surface area contributed by atoms with Crippen molar-refractivity contribution in [2.45, 2.75) is 13.0 Å². The van der Waals surface area contributed by atoms with E-state index in [-0.39, 0.29) is 0 Å². The van der Waals surface area contributed by atoms with Gasteiger partial charge in [0.05, 0.1) is 0 Å². The Labute approximate surface area is 155 Å². The van der Waals surface area contributed by atoms with Crippen LogP contribution in [0.4, 0.5) is 11.4 Å². The minimum absolute atomic E-state index is 0.895. The first-order valence-corrected chi connectivity index (χ1v) is 9.20. The molecule has 0 unspecified atom stereocenters. The molecule has 2 aliphatic rings. The van der Waals surface area contributed by atoms with Gasteiger partial charge in [-0.15, -0.1) is 0 Å². The van der Waals surface area contributed by atoms with Crippen molar-refractivity contribution in [3.05, 3.63) is 90.0 Å². The van der Waals surface area contributed by atoms with Crippen LogP contribution in [0.1, 0.15) is 16.7 Å². The van der Waals surface area contributed by atoms with Crippen molar-refractivity contribution in [3.63, 3.8) is 0 Å². The minimum Gasteiger partial charge on any atom is -0.374 e. The highest BCUT2D eigenvalue weighted by molar-refractivity contribution is 5.87. The molecule has 2 heteroatoms. The van der Waals surface area contributed by atoms with Gasteiger partial charge in [-0.05, 0) is 46.9 Å². The molecule has 0 saturated carbocycles. The van der Waals surface area contributed by atoms with Gasteiger partial charge in [0.25, 0.3) is 0 Å². The molecule has 0 atom stereocenters. The molecule has 3 aromatic carbocycles. The molecule has 0 fully saturated rings. The molecule has 0 radical (unpaired) electrons. The van der Waals surface area contributed by atoms with Crippen LogP contribution in [0.25, 0.3) is 16.8 Å². The Kier molecular flexibility index (Phi) is 3.39. The van der Waals surface area contributed by atoms with Crippen LogP contribution in [0.5, 0.6) is 0 Å². The van der Waals surface area contributed by atoms with E-state index in [0.29, 0.717) is 0 Å². The first-order chi connectivity index (χ1) is 12.7. The van der Waals surface area contributed by atoms with E-state index in [2.05, 4.69) is 90.2 Å². The molecule has 0 saturated heterocycles. The number of rotatable bonds is 2. The zero-order chi connectivity index (χ0) is 17.7. The van der Waals surface area contributed by atoms with Crippen molar-refractivity contribution in [2.75, 3.05) is 23.4 Å². The number of nitrogens with zero attached hydrogens (tertiary/aromatic N) is 2. The average Bonchev–Trinajstić information content (AvgIpc) is 3.22. The summed E-state index contributed by atoms with van der Waals surface area (Å²) >= 11 is 0. The highest BCUT2D eigenvalue weighted by atomic mass is 15.2. The molecule has 0 amide bonds. The summed E-state index contributed by atoms with van der Waals surface area (Å²) in [5.41, 5.74) is 10.3. The lowest BCUT2D eigenvalue weighted by atomic mass is 10.00. The van der Waals surface area contributed by atoms with E-state index in [4.69, 9.17) is 0 Å². The maximum atomic E-state index is 4.41. The maximum absolute atomic E-state index is 4.41. The van der Waals surface area contributed by atoms with Crippen LogP contribution in [0.2, 0.25) is 0 Å². The molecule has 2 heterocycles. The first-order valence-electron chi connectivity index (χ1n) is 9.20. The molecule has 0 bridgehead atoms. The van der Waals surface area contributed by atoms with Gasteiger partial charge >= 0.3 is 0 Å². The van der Waals surface area contributed by atoms with E-state index < -0.39 is 0 Å². The maximum Gasteiger partial charge on any atom is 0.0488 e. The smallest absolute Gasteiger partial charge is 0.0488 e. The number of hydrogen-bond acceptors (Lipinski definition) is 2. The molecule has 0 aromatic heterocycles. The van der Waals surface area contributed by atoms with E-state index in [1.807, 2.05) is 0 Å². The van der Waals surface area contributed by atoms with Gasteiger partial charge in [0.2, 0.25) is 0 Å². The lowest BCUT2D eigenvalue weighted by Gasteiger charge is -2.22.